The molecule has 0 aliphatic carbocycles. The van der Waals surface area contributed by atoms with Crippen molar-refractivity contribution in [1.82, 2.24) is 0 Å². The maximum Gasteiger partial charge on any atom is 0.180 e. The van der Waals surface area contributed by atoms with Crippen LogP contribution in [0.15, 0.2) is 42.2 Å². The first-order chi connectivity index (χ1) is 9.54. The third kappa shape index (κ3) is 1.99. The molecule has 0 saturated carbocycles. The van der Waals surface area contributed by atoms with Crippen LogP contribution < -0.4 is 4.74 Å². The second-order valence-corrected chi connectivity index (χ2v) is 4.54. The molecule has 0 spiro atoms. The molecule has 1 atom stereocenters. The molecule has 0 aromatic heterocycles. The molecule has 0 bridgehead atoms. The summed E-state index contributed by atoms with van der Waals surface area (Å²) in [6.45, 7) is 0. The zero-order valence-electron chi connectivity index (χ0n) is 10.3. The Morgan fingerprint density at radius 2 is 1.65 bits per heavy atom. The average molecular weight is 272 g/mol. The Labute approximate surface area is 114 Å². The summed E-state index contributed by atoms with van der Waals surface area (Å²) in [7, 11) is 0. The summed E-state index contributed by atoms with van der Waals surface area (Å²) in [4.78, 5) is 0. The Morgan fingerprint density at radius 1 is 0.850 bits per heavy atom. The summed E-state index contributed by atoms with van der Waals surface area (Å²) in [5, 5.41) is 38.3. The molecule has 0 saturated heterocycles. The van der Waals surface area contributed by atoms with Gasteiger partial charge in [-0.05, 0) is 30.3 Å². The van der Waals surface area contributed by atoms with Gasteiger partial charge in [0.2, 0.25) is 0 Å². The molecule has 0 radical (unpaired) electrons. The highest BCUT2D eigenvalue weighted by Gasteiger charge is 2.25. The number of aliphatic hydroxyl groups is 1. The number of hydrogen-bond acceptors (Lipinski definition) is 5. The lowest BCUT2D eigenvalue weighted by Crippen LogP contribution is -2.14. The van der Waals surface area contributed by atoms with Gasteiger partial charge in [-0.25, -0.2) is 0 Å². The van der Waals surface area contributed by atoms with Gasteiger partial charge in [-0.3, -0.25) is 0 Å². The fourth-order valence-electron chi connectivity index (χ4n) is 2.11. The predicted octanol–water partition coefficient (Wildman–Crippen LogP) is 2.84. The van der Waals surface area contributed by atoms with Crippen LogP contribution >= 0.6 is 0 Å². The quantitative estimate of drug-likeness (QED) is 0.599. The molecule has 0 fully saturated rings. The van der Waals surface area contributed by atoms with Crippen molar-refractivity contribution < 1.29 is 25.2 Å². The van der Waals surface area contributed by atoms with Gasteiger partial charge in [0, 0.05) is 17.2 Å². The SMILES string of the molecule is OC1=Cc2ccc(O)cc2O[C@@H]1c1ccc(O)c(O)c1. The molecule has 2 aromatic carbocycles. The van der Waals surface area contributed by atoms with Crippen molar-refractivity contribution in [2.45, 2.75) is 6.10 Å². The molecule has 5 heteroatoms. The molecule has 1 aliphatic rings. The molecule has 0 unspecified atom stereocenters. The average Bonchev–Trinajstić information content (AvgIpc) is 2.42. The van der Waals surface area contributed by atoms with Crippen LogP contribution in [0.1, 0.15) is 17.2 Å². The number of aliphatic hydroxyl groups excluding tert-OH is 1. The van der Waals surface area contributed by atoms with E-state index in [1.54, 1.807) is 6.07 Å². The van der Waals surface area contributed by atoms with E-state index in [0.717, 1.165) is 0 Å². The molecule has 1 aliphatic heterocycles. The van der Waals surface area contributed by atoms with Crippen LogP contribution in [0.2, 0.25) is 0 Å². The van der Waals surface area contributed by atoms with Crippen molar-refractivity contribution in [3.63, 3.8) is 0 Å². The maximum absolute atomic E-state index is 10.0. The summed E-state index contributed by atoms with van der Waals surface area (Å²) in [5.74, 6) is -0.0637. The molecule has 102 valence electrons. The van der Waals surface area contributed by atoms with E-state index >= 15 is 0 Å². The van der Waals surface area contributed by atoms with Gasteiger partial charge in [-0.1, -0.05) is 6.07 Å². The number of hydrogen-bond donors (Lipinski definition) is 4. The Kier molecular flexibility index (Phi) is 2.68. The van der Waals surface area contributed by atoms with E-state index in [4.69, 9.17) is 4.74 Å². The van der Waals surface area contributed by atoms with Crippen LogP contribution in [0.3, 0.4) is 0 Å². The lowest BCUT2D eigenvalue weighted by molar-refractivity contribution is 0.174. The van der Waals surface area contributed by atoms with Crippen molar-refractivity contribution in [1.29, 1.82) is 0 Å². The monoisotopic (exact) mass is 272 g/mol. The highest BCUT2D eigenvalue weighted by atomic mass is 16.5. The van der Waals surface area contributed by atoms with Gasteiger partial charge >= 0.3 is 0 Å². The molecule has 4 N–H and O–H groups in total. The van der Waals surface area contributed by atoms with Gasteiger partial charge in [0.1, 0.15) is 17.3 Å². The molecule has 3 rings (SSSR count). The van der Waals surface area contributed by atoms with Crippen molar-refractivity contribution in [3.8, 4) is 23.0 Å². The summed E-state index contributed by atoms with van der Waals surface area (Å²) >= 11 is 0. The van der Waals surface area contributed by atoms with Gasteiger partial charge < -0.3 is 25.2 Å². The highest BCUT2D eigenvalue weighted by Crippen LogP contribution is 2.39. The molecule has 2 aromatic rings. The predicted molar refractivity (Wildman–Crippen MR) is 71.9 cm³/mol. The second kappa shape index (κ2) is 4.38. The van der Waals surface area contributed by atoms with Gasteiger partial charge in [-0.15, -0.1) is 0 Å². The number of ether oxygens (including phenoxy) is 1. The van der Waals surface area contributed by atoms with Crippen LogP contribution in [0.25, 0.3) is 6.08 Å². The summed E-state index contributed by atoms with van der Waals surface area (Å²) < 4.78 is 5.63. The van der Waals surface area contributed by atoms with E-state index in [0.29, 0.717) is 16.9 Å². The molecular weight excluding hydrogens is 260 g/mol. The zero-order chi connectivity index (χ0) is 14.3. The molecule has 0 amide bonds. The fourth-order valence-corrected chi connectivity index (χ4v) is 2.11. The van der Waals surface area contributed by atoms with Crippen LogP contribution in [-0.2, 0) is 0 Å². The third-order valence-corrected chi connectivity index (χ3v) is 3.12. The number of phenols is 3. The summed E-state index contributed by atoms with van der Waals surface area (Å²) in [6.07, 6.45) is 0.739. The number of phenolic OH excluding ortho intramolecular Hbond substituents is 3. The summed E-state index contributed by atoms with van der Waals surface area (Å²) in [5.41, 5.74) is 1.14. The topological polar surface area (TPSA) is 90.2 Å². The lowest BCUT2D eigenvalue weighted by atomic mass is 10.0. The number of fused-ring (bicyclic) bond motifs is 1. The normalized spacial score (nSPS) is 17.0. The van der Waals surface area contributed by atoms with Crippen molar-refractivity contribution >= 4 is 6.08 Å². The standard InChI is InChI=1S/C15H12O5/c16-10-3-1-8-5-13(19)15(20-14(8)7-10)9-2-4-11(17)12(18)6-9/h1-7,15-19H/t15-/m1/s1. The number of rotatable bonds is 1. The Hall–Kier alpha value is -2.82. The first-order valence-electron chi connectivity index (χ1n) is 5.97. The van der Waals surface area contributed by atoms with Gasteiger partial charge in [0.15, 0.2) is 17.6 Å². The molecule has 5 nitrogen and oxygen atoms in total. The zero-order valence-corrected chi connectivity index (χ0v) is 10.3. The second-order valence-electron chi connectivity index (χ2n) is 4.54. The Morgan fingerprint density at radius 3 is 2.40 bits per heavy atom. The minimum atomic E-state index is -0.796. The fraction of sp³-hybridized carbons (Fsp3) is 0.0667. The van der Waals surface area contributed by atoms with E-state index in [9.17, 15) is 20.4 Å². The first kappa shape index (κ1) is 12.2. The molecular formula is C15H12O5. The molecule has 20 heavy (non-hydrogen) atoms. The number of benzene rings is 2. The van der Waals surface area contributed by atoms with Gasteiger partial charge in [0.05, 0.1) is 0 Å². The maximum atomic E-state index is 10.0. The van der Waals surface area contributed by atoms with Gasteiger partial charge in [-0.2, -0.15) is 0 Å². The Balaban J connectivity index is 2.02. The smallest absolute Gasteiger partial charge is 0.180 e. The van der Waals surface area contributed by atoms with E-state index in [1.165, 1.54) is 36.4 Å². The lowest BCUT2D eigenvalue weighted by Gasteiger charge is -2.24. The van der Waals surface area contributed by atoms with E-state index in [1.807, 2.05) is 0 Å². The van der Waals surface area contributed by atoms with Crippen LogP contribution in [-0.4, -0.2) is 20.4 Å². The van der Waals surface area contributed by atoms with Crippen LogP contribution in [0.5, 0.6) is 23.0 Å². The van der Waals surface area contributed by atoms with Crippen LogP contribution in [0.4, 0.5) is 0 Å². The largest absolute Gasteiger partial charge is 0.508 e. The highest BCUT2D eigenvalue weighted by molar-refractivity contribution is 5.64. The minimum absolute atomic E-state index is 0.0201. The number of aromatic hydroxyl groups is 3. The van der Waals surface area contributed by atoms with Crippen molar-refractivity contribution in [3.05, 3.63) is 53.3 Å². The van der Waals surface area contributed by atoms with Crippen LogP contribution in [0, 0.1) is 0 Å². The van der Waals surface area contributed by atoms with E-state index < -0.39 is 6.10 Å². The van der Waals surface area contributed by atoms with E-state index in [-0.39, 0.29) is 23.0 Å². The van der Waals surface area contributed by atoms with Gasteiger partial charge in [0.25, 0.3) is 0 Å². The summed E-state index contributed by atoms with van der Waals surface area (Å²) in [6, 6.07) is 8.75. The molecule has 1 heterocycles. The van der Waals surface area contributed by atoms with Crippen molar-refractivity contribution in [2.24, 2.45) is 0 Å². The van der Waals surface area contributed by atoms with E-state index in [2.05, 4.69) is 0 Å². The minimum Gasteiger partial charge on any atom is -0.508 e. The Bertz CT molecular complexity index is 705. The first-order valence-corrected chi connectivity index (χ1v) is 5.97. The third-order valence-electron chi connectivity index (χ3n) is 3.12. The van der Waals surface area contributed by atoms with Crippen molar-refractivity contribution in [2.75, 3.05) is 0 Å².